The minimum atomic E-state index is -0.343. The third-order valence-electron chi connectivity index (χ3n) is 1.20. The lowest BCUT2D eigenvalue weighted by atomic mass is 10.5. The van der Waals surface area contributed by atoms with E-state index in [0.717, 1.165) is 6.42 Å². The maximum atomic E-state index is 10.9. The van der Waals surface area contributed by atoms with Gasteiger partial charge >= 0.3 is 5.97 Å². The maximum absolute atomic E-state index is 10.9. The molecule has 0 spiro atoms. The summed E-state index contributed by atoms with van der Waals surface area (Å²) in [4.78, 5) is 10.9. The van der Waals surface area contributed by atoms with Gasteiger partial charge < -0.3 is 9.47 Å². The molecule has 0 rings (SSSR count). The Hall–Kier alpha value is -1.51. The standard InChI is InChI=1S/C11H16O3/c1-3-5-6-7-9-13-10-11(12)14-8-4-2/h3,5-7,9H,1,4,8,10H2,2H3/b6-5-,9-7+. The fourth-order valence-corrected chi connectivity index (χ4v) is 0.617. The van der Waals surface area contributed by atoms with Crippen molar-refractivity contribution in [2.45, 2.75) is 13.3 Å². The van der Waals surface area contributed by atoms with E-state index in [2.05, 4.69) is 6.58 Å². The molecule has 0 aromatic carbocycles. The molecule has 0 heterocycles. The molecular formula is C11H16O3. The number of carbonyl (C=O) groups excluding carboxylic acids is 1. The summed E-state index contributed by atoms with van der Waals surface area (Å²) in [5, 5.41) is 0. The zero-order valence-electron chi connectivity index (χ0n) is 8.44. The van der Waals surface area contributed by atoms with Gasteiger partial charge in [-0.05, 0) is 12.5 Å². The Morgan fingerprint density at radius 1 is 1.36 bits per heavy atom. The number of ether oxygens (including phenoxy) is 2. The fourth-order valence-electron chi connectivity index (χ4n) is 0.617. The number of hydrogen-bond acceptors (Lipinski definition) is 3. The molecule has 0 aliphatic carbocycles. The van der Waals surface area contributed by atoms with E-state index in [1.54, 1.807) is 24.3 Å². The number of esters is 1. The summed E-state index contributed by atoms with van der Waals surface area (Å²) in [6.07, 6.45) is 9.10. The smallest absolute Gasteiger partial charge is 0.344 e. The Labute approximate surface area is 84.7 Å². The second-order valence-electron chi connectivity index (χ2n) is 2.48. The fraction of sp³-hybridized carbons (Fsp3) is 0.364. The molecule has 0 aliphatic heterocycles. The van der Waals surface area contributed by atoms with E-state index in [1.165, 1.54) is 6.26 Å². The van der Waals surface area contributed by atoms with Crippen LogP contribution in [0.4, 0.5) is 0 Å². The highest BCUT2D eigenvalue weighted by atomic mass is 16.6. The monoisotopic (exact) mass is 196 g/mol. The van der Waals surface area contributed by atoms with Crippen LogP contribution in [0.1, 0.15) is 13.3 Å². The lowest BCUT2D eigenvalue weighted by Gasteiger charge is -2.01. The van der Waals surface area contributed by atoms with Crippen molar-refractivity contribution in [2.75, 3.05) is 13.2 Å². The topological polar surface area (TPSA) is 35.5 Å². The third-order valence-corrected chi connectivity index (χ3v) is 1.20. The molecule has 0 radical (unpaired) electrons. The normalized spacial score (nSPS) is 10.6. The second kappa shape index (κ2) is 9.58. The summed E-state index contributed by atoms with van der Waals surface area (Å²) in [6, 6.07) is 0. The van der Waals surface area contributed by atoms with Crippen LogP contribution in [0.5, 0.6) is 0 Å². The Kier molecular flexibility index (Phi) is 8.54. The van der Waals surface area contributed by atoms with E-state index in [4.69, 9.17) is 9.47 Å². The molecule has 0 saturated heterocycles. The average molecular weight is 196 g/mol. The Morgan fingerprint density at radius 2 is 2.14 bits per heavy atom. The van der Waals surface area contributed by atoms with Gasteiger partial charge in [-0.1, -0.05) is 31.7 Å². The summed E-state index contributed by atoms with van der Waals surface area (Å²) in [5.41, 5.74) is 0. The van der Waals surface area contributed by atoms with Gasteiger partial charge in [0.2, 0.25) is 0 Å². The number of allylic oxidation sites excluding steroid dienone is 4. The van der Waals surface area contributed by atoms with Gasteiger partial charge in [-0.25, -0.2) is 4.79 Å². The first-order chi connectivity index (χ1) is 6.81. The molecule has 14 heavy (non-hydrogen) atoms. The van der Waals surface area contributed by atoms with Crippen molar-refractivity contribution in [3.63, 3.8) is 0 Å². The minimum absolute atomic E-state index is 0.0432. The average Bonchev–Trinajstić information content (AvgIpc) is 2.20. The molecule has 0 saturated carbocycles. The molecule has 0 fully saturated rings. The van der Waals surface area contributed by atoms with Crippen molar-refractivity contribution in [1.82, 2.24) is 0 Å². The first-order valence-electron chi connectivity index (χ1n) is 4.52. The lowest BCUT2D eigenvalue weighted by Crippen LogP contribution is -2.10. The first kappa shape index (κ1) is 12.5. The van der Waals surface area contributed by atoms with E-state index < -0.39 is 0 Å². The summed E-state index contributed by atoms with van der Waals surface area (Å²) in [5.74, 6) is -0.343. The van der Waals surface area contributed by atoms with E-state index >= 15 is 0 Å². The molecule has 78 valence electrons. The molecule has 0 aromatic rings. The van der Waals surface area contributed by atoms with Crippen LogP contribution in [0.2, 0.25) is 0 Å². The van der Waals surface area contributed by atoms with E-state index in [1.807, 2.05) is 6.92 Å². The summed E-state index contributed by atoms with van der Waals surface area (Å²) in [7, 11) is 0. The third kappa shape index (κ3) is 8.59. The van der Waals surface area contributed by atoms with Gasteiger partial charge in [-0.2, -0.15) is 0 Å². The van der Waals surface area contributed by atoms with Crippen molar-refractivity contribution in [3.8, 4) is 0 Å². The highest BCUT2D eigenvalue weighted by Crippen LogP contribution is 1.86. The summed E-state index contributed by atoms with van der Waals surface area (Å²) < 4.78 is 9.69. The zero-order chi connectivity index (χ0) is 10.6. The summed E-state index contributed by atoms with van der Waals surface area (Å²) in [6.45, 7) is 5.85. The van der Waals surface area contributed by atoms with Crippen molar-refractivity contribution in [1.29, 1.82) is 0 Å². The molecule has 0 atom stereocenters. The van der Waals surface area contributed by atoms with Crippen molar-refractivity contribution >= 4 is 5.97 Å². The molecule has 0 bridgehead atoms. The molecular weight excluding hydrogens is 180 g/mol. The van der Waals surface area contributed by atoms with Gasteiger partial charge in [-0.3, -0.25) is 0 Å². The highest BCUT2D eigenvalue weighted by molar-refractivity contribution is 5.70. The SMILES string of the molecule is C=C/C=C\C=C\OCC(=O)OCCC. The van der Waals surface area contributed by atoms with Crippen LogP contribution in [0.25, 0.3) is 0 Å². The predicted octanol–water partition coefficient (Wildman–Crippen LogP) is 2.21. The van der Waals surface area contributed by atoms with Gasteiger partial charge in [0.1, 0.15) is 0 Å². The number of hydrogen-bond donors (Lipinski definition) is 0. The van der Waals surface area contributed by atoms with Gasteiger partial charge in [0.25, 0.3) is 0 Å². The molecule has 0 unspecified atom stereocenters. The van der Waals surface area contributed by atoms with E-state index in [-0.39, 0.29) is 12.6 Å². The van der Waals surface area contributed by atoms with Crippen LogP contribution in [-0.2, 0) is 14.3 Å². The van der Waals surface area contributed by atoms with Crippen molar-refractivity contribution in [2.24, 2.45) is 0 Å². The minimum Gasteiger partial charge on any atom is -0.490 e. The van der Waals surface area contributed by atoms with Gasteiger partial charge in [0.05, 0.1) is 12.9 Å². The second-order valence-corrected chi connectivity index (χ2v) is 2.48. The Bertz CT molecular complexity index is 217. The Morgan fingerprint density at radius 3 is 2.79 bits per heavy atom. The lowest BCUT2D eigenvalue weighted by molar-refractivity contribution is -0.147. The maximum Gasteiger partial charge on any atom is 0.344 e. The summed E-state index contributed by atoms with van der Waals surface area (Å²) >= 11 is 0. The largest absolute Gasteiger partial charge is 0.490 e. The quantitative estimate of drug-likeness (QED) is 0.356. The Balaban J connectivity index is 3.43. The van der Waals surface area contributed by atoms with Crippen LogP contribution < -0.4 is 0 Å². The molecule has 3 nitrogen and oxygen atoms in total. The van der Waals surface area contributed by atoms with Crippen LogP contribution in [0.15, 0.2) is 37.1 Å². The zero-order valence-corrected chi connectivity index (χ0v) is 8.44. The van der Waals surface area contributed by atoms with Gasteiger partial charge in [-0.15, -0.1) is 0 Å². The molecule has 0 amide bonds. The van der Waals surface area contributed by atoms with E-state index in [9.17, 15) is 4.79 Å². The van der Waals surface area contributed by atoms with Gasteiger partial charge in [0.15, 0.2) is 6.61 Å². The highest BCUT2D eigenvalue weighted by Gasteiger charge is 1.99. The van der Waals surface area contributed by atoms with Crippen LogP contribution in [0, 0.1) is 0 Å². The molecule has 0 aliphatic rings. The molecule has 0 aromatic heterocycles. The van der Waals surface area contributed by atoms with Crippen LogP contribution in [-0.4, -0.2) is 19.2 Å². The predicted molar refractivity (Wildman–Crippen MR) is 55.7 cm³/mol. The number of carbonyl (C=O) groups is 1. The molecule has 3 heteroatoms. The molecule has 0 N–H and O–H groups in total. The first-order valence-corrected chi connectivity index (χ1v) is 4.52. The van der Waals surface area contributed by atoms with Crippen LogP contribution >= 0.6 is 0 Å². The number of rotatable bonds is 7. The van der Waals surface area contributed by atoms with Crippen LogP contribution in [0.3, 0.4) is 0 Å². The van der Waals surface area contributed by atoms with Crippen molar-refractivity contribution in [3.05, 3.63) is 37.1 Å². The van der Waals surface area contributed by atoms with E-state index in [0.29, 0.717) is 6.61 Å². The van der Waals surface area contributed by atoms with Crippen molar-refractivity contribution < 1.29 is 14.3 Å². The van der Waals surface area contributed by atoms with Gasteiger partial charge in [0, 0.05) is 0 Å².